The number of halogens is 2. The predicted octanol–water partition coefficient (Wildman–Crippen LogP) is 8.25. The Labute approximate surface area is 188 Å². The molecule has 31 heavy (non-hydrogen) atoms. The van der Waals surface area contributed by atoms with Crippen LogP contribution in [0.15, 0.2) is 11.1 Å². The summed E-state index contributed by atoms with van der Waals surface area (Å²) < 4.78 is 27.1. The van der Waals surface area contributed by atoms with Gasteiger partial charge in [0.1, 0.15) is 23.4 Å². The highest BCUT2D eigenvalue weighted by atomic mass is 19.1. The molecule has 1 aromatic carbocycles. The second-order valence-corrected chi connectivity index (χ2v) is 10.2. The van der Waals surface area contributed by atoms with E-state index >= 15 is 0 Å². The molecule has 0 N–H and O–H groups in total. The predicted molar refractivity (Wildman–Crippen MR) is 126 cm³/mol. The highest BCUT2D eigenvalue weighted by molar-refractivity contribution is 5.84. The molecule has 3 nitrogen and oxygen atoms in total. The molecular formula is C26H40F2N2O. The van der Waals surface area contributed by atoms with Crippen LogP contribution in [0, 0.1) is 40.7 Å². The van der Waals surface area contributed by atoms with Crippen LogP contribution in [-0.2, 0) is 4.79 Å². The molecule has 0 aliphatic heterocycles. The summed E-state index contributed by atoms with van der Waals surface area (Å²) in [5.74, 6) is -1.00. The van der Waals surface area contributed by atoms with E-state index in [0.717, 1.165) is 11.5 Å². The SMILES string of the molecule is CC1(C)CCC1.CCC(=O)CC(C)(C)C.CCC(C)=Nc1c(F)cc(C#N)c(F)c1C. The van der Waals surface area contributed by atoms with Crippen LogP contribution >= 0.6 is 0 Å². The Bertz CT molecular complexity index is 806. The second-order valence-electron chi connectivity index (χ2n) is 10.2. The molecule has 1 fully saturated rings. The summed E-state index contributed by atoms with van der Waals surface area (Å²) in [5.41, 5.74) is 1.38. The number of hydrogen-bond acceptors (Lipinski definition) is 3. The zero-order valence-corrected chi connectivity index (χ0v) is 20.9. The molecule has 1 aliphatic rings. The van der Waals surface area contributed by atoms with Gasteiger partial charge in [0, 0.05) is 24.1 Å². The van der Waals surface area contributed by atoms with Crippen LogP contribution in [0.5, 0.6) is 0 Å². The zero-order valence-electron chi connectivity index (χ0n) is 20.9. The standard InChI is InChI=1S/C12H12F2N2.C8H16O.C6H12/c1-4-7(2)16-12-8(3)11(14)9(6-15)5-10(12)13;1-5-7(9)6-8(2,3)4;1-6(2)4-3-5-6/h5H,4H2,1-3H3;5-6H2,1-4H3;3-5H2,1-2H3. The fraction of sp³-hybridized carbons (Fsp3) is 0.654. The number of rotatable bonds is 4. The summed E-state index contributed by atoms with van der Waals surface area (Å²) in [5, 5.41) is 8.59. The summed E-state index contributed by atoms with van der Waals surface area (Å²) in [7, 11) is 0. The molecule has 0 aromatic heterocycles. The van der Waals surface area contributed by atoms with Gasteiger partial charge in [-0.25, -0.2) is 8.78 Å². The Morgan fingerprint density at radius 1 is 1.19 bits per heavy atom. The third-order valence-electron chi connectivity index (χ3n) is 5.18. The molecule has 0 heterocycles. The lowest BCUT2D eigenvalue weighted by atomic mass is 9.72. The van der Waals surface area contributed by atoms with E-state index in [1.165, 1.54) is 26.2 Å². The highest BCUT2D eigenvalue weighted by Crippen LogP contribution is 2.38. The molecule has 0 saturated heterocycles. The number of hydrogen-bond donors (Lipinski definition) is 0. The Morgan fingerprint density at radius 2 is 1.71 bits per heavy atom. The fourth-order valence-corrected chi connectivity index (χ4v) is 2.83. The number of benzene rings is 1. The lowest BCUT2D eigenvalue weighted by Crippen LogP contribution is -2.20. The molecule has 0 unspecified atom stereocenters. The van der Waals surface area contributed by atoms with Crippen molar-refractivity contribution in [3.05, 3.63) is 28.8 Å². The van der Waals surface area contributed by atoms with Gasteiger partial charge in [-0.1, -0.05) is 54.9 Å². The van der Waals surface area contributed by atoms with Gasteiger partial charge in [-0.05, 0) is 50.0 Å². The number of aliphatic imine (C=N–C) groups is 1. The molecule has 1 aliphatic carbocycles. The fourth-order valence-electron chi connectivity index (χ4n) is 2.83. The minimum absolute atomic E-state index is 0.0177. The van der Waals surface area contributed by atoms with E-state index in [1.54, 1.807) is 13.0 Å². The van der Waals surface area contributed by atoms with Gasteiger partial charge in [-0.2, -0.15) is 5.26 Å². The molecule has 0 bridgehead atoms. The van der Waals surface area contributed by atoms with Crippen molar-refractivity contribution in [3.8, 4) is 6.07 Å². The molecule has 0 spiro atoms. The Hall–Kier alpha value is -2.09. The van der Waals surface area contributed by atoms with Gasteiger partial charge in [0.25, 0.3) is 0 Å². The van der Waals surface area contributed by atoms with E-state index in [1.807, 2.05) is 13.8 Å². The molecule has 0 amide bonds. The van der Waals surface area contributed by atoms with Crippen molar-refractivity contribution in [1.82, 2.24) is 0 Å². The van der Waals surface area contributed by atoms with Gasteiger partial charge < -0.3 is 0 Å². The Morgan fingerprint density at radius 3 is 2.00 bits per heavy atom. The van der Waals surface area contributed by atoms with Gasteiger partial charge >= 0.3 is 0 Å². The van der Waals surface area contributed by atoms with Crippen LogP contribution < -0.4 is 0 Å². The summed E-state index contributed by atoms with van der Waals surface area (Å²) in [6, 6.07) is 2.49. The van der Waals surface area contributed by atoms with Gasteiger partial charge in [0.2, 0.25) is 0 Å². The molecular weight excluding hydrogens is 394 g/mol. The third kappa shape index (κ3) is 11.2. The number of nitrogens with zero attached hydrogens (tertiary/aromatic N) is 2. The quantitative estimate of drug-likeness (QED) is 0.448. The topological polar surface area (TPSA) is 53.2 Å². The minimum Gasteiger partial charge on any atom is -0.300 e. The zero-order chi connectivity index (χ0) is 24.4. The van der Waals surface area contributed by atoms with E-state index in [2.05, 4.69) is 39.6 Å². The highest BCUT2D eigenvalue weighted by Gasteiger charge is 2.25. The number of ketones is 1. The lowest BCUT2D eigenvalue weighted by molar-refractivity contribution is -0.120. The molecule has 174 valence electrons. The Balaban J connectivity index is 0.000000501. The normalized spacial score (nSPS) is 14.8. The molecule has 1 aromatic rings. The van der Waals surface area contributed by atoms with Crippen molar-refractivity contribution >= 4 is 17.2 Å². The maximum absolute atomic E-state index is 13.5. The monoisotopic (exact) mass is 434 g/mol. The third-order valence-corrected chi connectivity index (χ3v) is 5.18. The van der Waals surface area contributed by atoms with E-state index < -0.39 is 11.6 Å². The molecule has 0 radical (unpaired) electrons. The molecule has 2 rings (SSSR count). The van der Waals surface area contributed by atoms with Crippen molar-refractivity contribution in [1.29, 1.82) is 5.26 Å². The first-order valence-electron chi connectivity index (χ1n) is 11.1. The lowest BCUT2D eigenvalue weighted by Gasteiger charge is -2.33. The Kier molecular flexibility index (Phi) is 11.8. The van der Waals surface area contributed by atoms with E-state index in [-0.39, 0.29) is 22.2 Å². The van der Waals surface area contributed by atoms with Crippen LogP contribution in [0.25, 0.3) is 0 Å². The summed E-state index contributed by atoms with van der Waals surface area (Å²) in [6.07, 6.45) is 6.42. The van der Waals surface area contributed by atoms with Crippen LogP contribution in [0.2, 0.25) is 0 Å². The van der Waals surface area contributed by atoms with E-state index in [9.17, 15) is 13.6 Å². The van der Waals surface area contributed by atoms with Gasteiger partial charge in [0.05, 0.1) is 5.56 Å². The average Bonchev–Trinajstić information content (AvgIpc) is 2.66. The smallest absolute Gasteiger partial charge is 0.150 e. The van der Waals surface area contributed by atoms with Crippen LogP contribution in [0.3, 0.4) is 0 Å². The van der Waals surface area contributed by atoms with Gasteiger partial charge in [0.15, 0.2) is 5.82 Å². The number of nitriles is 1. The first-order valence-corrected chi connectivity index (χ1v) is 11.1. The second kappa shape index (κ2) is 12.7. The van der Waals surface area contributed by atoms with Crippen molar-refractivity contribution in [2.45, 2.75) is 101 Å². The van der Waals surface area contributed by atoms with Crippen molar-refractivity contribution in [3.63, 3.8) is 0 Å². The molecule has 0 atom stereocenters. The number of carbonyl (C=O) groups is 1. The van der Waals surface area contributed by atoms with Crippen LogP contribution in [0.1, 0.15) is 105 Å². The number of carbonyl (C=O) groups excluding carboxylic acids is 1. The van der Waals surface area contributed by atoms with Gasteiger partial charge in [-0.15, -0.1) is 0 Å². The van der Waals surface area contributed by atoms with Crippen LogP contribution in [0.4, 0.5) is 14.5 Å². The summed E-state index contributed by atoms with van der Waals surface area (Å²) in [4.78, 5) is 14.8. The summed E-state index contributed by atoms with van der Waals surface area (Å²) >= 11 is 0. The summed E-state index contributed by atoms with van der Waals surface area (Å²) in [6.45, 7) is 17.9. The first kappa shape index (κ1) is 28.9. The number of Topliss-reactive ketones (excluding diaryl/α,β-unsaturated/α-hetero) is 1. The van der Waals surface area contributed by atoms with Gasteiger partial charge in [-0.3, -0.25) is 9.79 Å². The average molecular weight is 435 g/mol. The van der Waals surface area contributed by atoms with E-state index in [4.69, 9.17) is 5.26 Å². The van der Waals surface area contributed by atoms with Crippen molar-refractivity contribution in [2.24, 2.45) is 15.8 Å². The first-order chi connectivity index (χ1) is 14.2. The molecule has 5 heteroatoms. The molecule has 1 saturated carbocycles. The maximum Gasteiger partial charge on any atom is 0.150 e. The largest absolute Gasteiger partial charge is 0.300 e. The van der Waals surface area contributed by atoms with E-state index in [0.29, 0.717) is 30.8 Å². The minimum atomic E-state index is -0.702. The van der Waals surface area contributed by atoms with Crippen molar-refractivity contribution < 1.29 is 13.6 Å². The van der Waals surface area contributed by atoms with Crippen molar-refractivity contribution in [2.75, 3.05) is 0 Å². The van der Waals surface area contributed by atoms with Crippen LogP contribution in [-0.4, -0.2) is 11.5 Å². The maximum atomic E-state index is 13.5.